The zero-order chi connectivity index (χ0) is 20.4. The summed E-state index contributed by atoms with van der Waals surface area (Å²) < 4.78 is 5.45. The Morgan fingerprint density at radius 1 is 1.22 bits per heavy atom. The van der Waals surface area contributed by atoms with Crippen molar-refractivity contribution in [2.24, 2.45) is 5.41 Å². The lowest BCUT2D eigenvalue weighted by atomic mass is 9.91. The number of ether oxygens (including phenoxy) is 1. The van der Waals surface area contributed by atoms with Gasteiger partial charge in [0, 0.05) is 16.7 Å². The zero-order valence-corrected chi connectivity index (χ0v) is 17.3. The first-order valence-corrected chi connectivity index (χ1v) is 9.23. The molecule has 0 aliphatic rings. The van der Waals surface area contributed by atoms with Gasteiger partial charge in [-0.05, 0) is 31.4 Å². The van der Waals surface area contributed by atoms with Crippen molar-refractivity contribution >= 4 is 11.6 Å². The molecule has 2 N–H and O–H groups in total. The average Bonchev–Trinajstić information content (AvgIpc) is 2.61. The fraction of sp³-hybridized carbons (Fsp3) is 0.455. The van der Waals surface area contributed by atoms with Crippen LogP contribution in [0.2, 0.25) is 0 Å². The quantitative estimate of drug-likeness (QED) is 0.821. The number of aliphatic hydroxyl groups excluding tert-OH is 1. The van der Waals surface area contributed by atoms with E-state index < -0.39 is 11.5 Å². The summed E-state index contributed by atoms with van der Waals surface area (Å²) in [4.78, 5) is 17.2. The molecule has 0 fully saturated rings. The van der Waals surface area contributed by atoms with Gasteiger partial charge in [0.2, 0.25) is 11.8 Å². The number of hydrogen-bond donors (Lipinski definition) is 2. The number of amides is 1. The van der Waals surface area contributed by atoms with Gasteiger partial charge < -0.3 is 15.2 Å². The van der Waals surface area contributed by atoms with Gasteiger partial charge in [-0.25, -0.2) is 4.98 Å². The van der Waals surface area contributed by atoms with Crippen LogP contribution in [0, 0.1) is 19.3 Å². The lowest BCUT2D eigenvalue weighted by Crippen LogP contribution is -2.29. The summed E-state index contributed by atoms with van der Waals surface area (Å²) in [5, 5.41) is 14.1. The zero-order valence-electron chi connectivity index (χ0n) is 17.3. The highest BCUT2D eigenvalue weighted by Crippen LogP contribution is 2.39. The Labute approximate surface area is 161 Å². The molecular formula is C22H30N2O3. The number of aliphatic hydroxyl groups is 1. The van der Waals surface area contributed by atoms with Gasteiger partial charge in [-0.15, -0.1) is 0 Å². The molecule has 5 heteroatoms. The molecule has 0 radical (unpaired) electrons. The van der Waals surface area contributed by atoms with E-state index >= 15 is 0 Å². The molecule has 2 rings (SSSR count). The van der Waals surface area contributed by atoms with Crippen LogP contribution in [0.25, 0.3) is 0 Å². The fourth-order valence-corrected chi connectivity index (χ4v) is 2.97. The summed E-state index contributed by atoms with van der Waals surface area (Å²) >= 11 is 0. The molecule has 1 heterocycles. The maximum absolute atomic E-state index is 12.7. The maximum atomic E-state index is 12.7. The van der Waals surface area contributed by atoms with Crippen LogP contribution in [0.15, 0.2) is 24.3 Å². The fourth-order valence-electron chi connectivity index (χ4n) is 2.97. The highest BCUT2D eigenvalue weighted by Gasteiger charge is 2.29. The molecule has 1 unspecified atom stereocenters. The first-order chi connectivity index (χ1) is 12.6. The van der Waals surface area contributed by atoms with Crippen molar-refractivity contribution in [2.75, 3.05) is 12.4 Å². The van der Waals surface area contributed by atoms with E-state index in [0.717, 1.165) is 22.4 Å². The van der Waals surface area contributed by atoms with Gasteiger partial charge in [0.1, 0.15) is 11.8 Å². The topological polar surface area (TPSA) is 71.5 Å². The number of methoxy groups -OCH3 is 1. The molecule has 0 spiro atoms. The third-order valence-corrected chi connectivity index (χ3v) is 4.65. The molecule has 0 aliphatic carbocycles. The number of nitrogens with one attached hydrogen (secondary N) is 1. The van der Waals surface area contributed by atoms with Crippen LogP contribution in [-0.2, 0) is 11.2 Å². The average molecular weight is 370 g/mol. The van der Waals surface area contributed by atoms with Gasteiger partial charge >= 0.3 is 0 Å². The van der Waals surface area contributed by atoms with E-state index in [1.165, 1.54) is 7.11 Å². The minimum absolute atomic E-state index is 0.161. The van der Waals surface area contributed by atoms with Crippen molar-refractivity contribution < 1.29 is 14.6 Å². The Balaban J connectivity index is 2.69. The van der Waals surface area contributed by atoms with Crippen LogP contribution >= 0.6 is 0 Å². The van der Waals surface area contributed by atoms with E-state index in [0.29, 0.717) is 23.6 Å². The van der Waals surface area contributed by atoms with Gasteiger partial charge in [0.05, 0.1) is 7.11 Å². The largest absolute Gasteiger partial charge is 0.479 e. The molecule has 0 aliphatic heterocycles. The highest BCUT2D eigenvalue weighted by molar-refractivity contribution is 5.96. The van der Waals surface area contributed by atoms with Gasteiger partial charge in [0.25, 0.3) is 0 Å². The van der Waals surface area contributed by atoms with Gasteiger partial charge in [0.15, 0.2) is 0 Å². The van der Waals surface area contributed by atoms with Crippen LogP contribution in [0.3, 0.4) is 0 Å². The van der Waals surface area contributed by atoms with Crippen molar-refractivity contribution in [3.05, 3.63) is 52.2 Å². The van der Waals surface area contributed by atoms with Crippen LogP contribution in [0.4, 0.5) is 5.69 Å². The smallest absolute Gasteiger partial charge is 0.238 e. The number of pyridine rings is 1. The molecule has 0 saturated carbocycles. The Bertz CT molecular complexity index is 821. The molecule has 1 aromatic carbocycles. The normalized spacial score (nSPS) is 12.6. The summed E-state index contributed by atoms with van der Waals surface area (Å²) in [5.74, 6) is 0.148. The molecule has 146 valence electrons. The number of anilines is 1. The highest BCUT2D eigenvalue weighted by atomic mass is 16.5. The second kappa shape index (κ2) is 8.09. The molecule has 2 aromatic rings. The van der Waals surface area contributed by atoms with Gasteiger partial charge in [-0.3, -0.25) is 4.79 Å². The molecule has 1 aromatic heterocycles. The number of nitrogens with zero attached hydrogens (tertiary/aromatic N) is 1. The Kier molecular flexibility index (Phi) is 6.26. The Hall–Kier alpha value is -2.40. The van der Waals surface area contributed by atoms with E-state index in [1.807, 2.05) is 65.8 Å². The number of rotatable bonds is 5. The van der Waals surface area contributed by atoms with E-state index in [-0.39, 0.29) is 5.91 Å². The monoisotopic (exact) mass is 370 g/mol. The minimum atomic E-state index is -0.897. The van der Waals surface area contributed by atoms with Gasteiger partial charge in [-0.1, -0.05) is 57.5 Å². The van der Waals surface area contributed by atoms with E-state index in [4.69, 9.17) is 4.74 Å². The van der Waals surface area contributed by atoms with Crippen molar-refractivity contribution in [3.8, 4) is 5.88 Å². The third kappa shape index (κ3) is 4.48. The third-order valence-electron chi connectivity index (χ3n) is 4.65. The summed E-state index contributed by atoms with van der Waals surface area (Å²) in [5.41, 5.74) is 4.06. The number of carbonyl (C=O) groups excluding carboxylic acids is 1. The molecule has 0 bridgehead atoms. The predicted molar refractivity (Wildman–Crippen MR) is 108 cm³/mol. The Morgan fingerprint density at radius 2 is 1.81 bits per heavy atom. The SMILES string of the molecule is CCc1c(C)nc(OC)c(NC(=O)C(C)(C)C)c1C(O)c1ccc(C)cc1. The Morgan fingerprint density at radius 3 is 2.30 bits per heavy atom. The summed E-state index contributed by atoms with van der Waals surface area (Å²) in [6.45, 7) is 11.4. The second-order valence-corrected chi connectivity index (χ2v) is 7.84. The van der Waals surface area contributed by atoms with Crippen LogP contribution in [0.1, 0.15) is 61.7 Å². The number of carbonyl (C=O) groups is 1. The lowest BCUT2D eigenvalue weighted by Gasteiger charge is -2.25. The minimum Gasteiger partial charge on any atom is -0.479 e. The van der Waals surface area contributed by atoms with Crippen molar-refractivity contribution in [1.29, 1.82) is 0 Å². The molecular weight excluding hydrogens is 340 g/mol. The molecule has 1 atom stereocenters. The van der Waals surface area contributed by atoms with Gasteiger partial charge in [-0.2, -0.15) is 0 Å². The van der Waals surface area contributed by atoms with Crippen LogP contribution in [0.5, 0.6) is 5.88 Å². The van der Waals surface area contributed by atoms with Crippen LogP contribution < -0.4 is 10.1 Å². The molecule has 5 nitrogen and oxygen atoms in total. The standard InChI is InChI=1S/C22H30N2O3/c1-8-16-14(3)23-20(27-7)18(24-21(26)22(4,5)6)17(16)19(25)15-11-9-13(2)10-12-15/h9-12,19,25H,8H2,1-7H3,(H,24,26). The second-order valence-electron chi connectivity index (χ2n) is 7.84. The predicted octanol–water partition coefficient (Wildman–Crippen LogP) is 4.34. The summed E-state index contributed by atoms with van der Waals surface area (Å²) in [6.07, 6.45) is -0.217. The first-order valence-electron chi connectivity index (χ1n) is 9.23. The maximum Gasteiger partial charge on any atom is 0.238 e. The number of benzene rings is 1. The molecule has 27 heavy (non-hydrogen) atoms. The number of aromatic nitrogens is 1. The summed E-state index contributed by atoms with van der Waals surface area (Å²) in [7, 11) is 1.52. The summed E-state index contributed by atoms with van der Waals surface area (Å²) in [6, 6.07) is 7.72. The number of hydrogen-bond acceptors (Lipinski definition) is 4. The lowest BCUT2D eigenvalue weighted by molar-refractivity contribution is -0.123. The van der Waals surface area contributed by atoms with Crippen molar-refractivity contribution in [1.82, 2.24) is 4.98 Å². The van der Waals surface area contributed by atoms with Crippen LogP contribution in [-0.4, -0.2) is 23.1 Å². The molecule has 1 amide bonds. The van der Waals surface area contributed by atoms with Crippen molar-refractivity contribution in [2.45, 2.75) is 54.1 Å². The van der Waals surface area contributed by atoms with E-state index in [2.05, 4.69) is 10.3 Å². The first kappa shape index (κ1) is 20.9. The van der Waals surface area contributed by atoms with E-state index in [1.54, 1.807) is 0 Å². The number of aryl methyl sites for hydroxylation is 2. The van der Waals surface area contributed by atoms with Crippen molar-refractivity contribution in [3.63, 3.8) is 0 Å². The van der Waals surface area contributed by atoms with E-state index in [9.17, 15) is 9.90 Å². The molecule has 0 saturated heterocycles.